The third kappa shape index (κ3) is 4.72. The van der Waals surface area contributed by atoms with Crippen molar-refractivity contribution < 1.29 is 0 Å². The zero-order chi connectivity index (χ0) is 31.2. The highest BCUT2D eigenvalue weighted by Gasteiger charge is 2.16. The largest absolute Gasteiger partial charge is 0.311 e. The van der Waals surface area contributed by atoms with Gasteiger partial charge in [-0.2, -0.15) is 0 Å². The lowest BCUT2D eigenvalue weighted by atomic mass is 9.91. The van der Waals surface area contributed by atoms with Gasteiger partial charge in [-0.1, -0.05) is 133 Å². The monoisotopic (exact) mass is 596 g/mol. The first kappa shape index (κ1) is 27.2. The van der Waals surface area contributed by atoms with Crippen LogP contribution < -0.4 is 4.90 Å². The van der Waals surface area contributed by atoms with E-state index in [0.29, 0.717) is 0 Å². The molecule has 0 N–H and O–H groups in total. The predicted octanol–water partition coefficient (Wildman–Crippen LogP) is 12.9. The van der Waals surface area contributed by atoms with Crippen LogP contribution in [0.15, 0.2) is 182 Å². The Morgan fingerprint density at radius 1 is 0.319 bits per heavy atom. The van der Waals surface area contributed by atoms with Crippen molar-refractivity contribution in [3.63, 3.8) is 0 Å². The molecular formula is C46H30N. The average molecular weight is 597 g/mol. The first-order valence-electron chi connectivity index (χ1n) is 16.1. The molecule has 1 nitrogen and oxygen atoms in total. The summed E-state index contributed by atoms with van der Waals surface area (Å²) >= 11 is 0. The van der Waals surface area contributed by atoms with Crippen LogP contribution in [0.3, 0.4) is 0 Å². The van der Waals surface area contributed by atoms with Crippen molar-refractivity contribution in [3.8, 4) is 22.3 Å². The number of hydrogen-bond acceptors (Lipinski definition) is 1. The van der Waals surface area contributed by atoms with Gasteiger partial charge in [0.25, 0.3) is 0 Å². The minimum absolute atomic E-state index is 1.09. The summed E-state index contributed by atoms with van der Waals surface area (Å²) in [7, 11) is 0. The fourth-order valence-electron chi connectivity index (χ4n) is 7.18. The molecule has 0 aliphatic heterocycles. The summed E-state index contributed by atoms with van der Waals surface area (Å²) in [6.07, 6.45) is 0. The third-order valence-corrected chi connectivity index (χ3v) is 9.33. The standard InChI is InChI=1S/C46H30N/c1-2-16-38(17-3-1)47(39-26-22-32(23-27-39)45-41-18-8-4-12-34(41)30-35-13-5-9-19-42(35)45)40-28-24-33(25-29-40)46-43-20-10-6-14-36(43)31-37-15-7-11-21-44(37)46/h2-31H. The molecule has 219 valence electrons. The molecule has 47 heavy (non-hydrogen) atoms. The lowest BCUT2D eigenvalue weighted by Crippen LogP contribution is -2.09. The summed E-state index contributed by atoms with van der Waals surface area (Å²) in [5.41, 5.74) is 8.27. The molecule has 0 heterocycles. The van der Waals surface area contributed by atoms with Crippen LogP contribution >= 0.6 is 0 Å². The van der Waals surface area contributed by atoms with E-state index in [1.54, 1.807) is 0 Å². The summed E-state index contributed by atoms with van der Waals surface area (Å²) in [6, 6.07) is 68.8. The van der Waals surface area contributed by atoms with Gasteiger partial charge in [-0.25, -0.2) is 0 Å². The molecule has 9 rings (SSSR count). The van der Waals surface area contributed by atoms with Gasteiger partial charge in [-0.05, 0) is 120 Å². The van der Waals surface area contributed by atoms with Gasteiger partial charge < -0.3 is 4.90 Å². The Labute approximate surface area is 274 Å². The first-order chi connectivity index (χ1) is 23.3. The van der Waals surface area contributed by atoms with Gasteiger partial charge in [-0.15, -0.1) is 0 Å². The van der Waals surface area contributed by atoms with E-state index >= 15 is 0 Å². The number of hydrogen-bond donors (Lipinski definition) is 0. The SMILES string of the molecule is [c]1ccc(N(c2ccc(-c3c4ccccc4cc4ccccc34)cc2)c2ccc(-c3c4ccccc4cc4ccccc34)cc2)cc1. The highest BCUT2D eigenvalue weighted by Crippen LogP contribution is 2.41. The van der Waals surface area contributed by atoms with Crippen molar-refractivity contribution in [3.05, 3.63) is 188 Å². The molecule has 0 fully saturated rings. The lowest BCUT2D eigenvalue weighted by molar-refractivity contribution is 1.28. The molecule has 0 aliphatic carbocycles. The number of anilines is 3. The van der Waals surface area contributed by atoms with Gasteiger partial charge in [-0.3, -0.25) is 0 Å². The summed E-state index contributed by atoms with van der Waals surface area (Å²) in [6.45, 7) is 0. The van der Waals surface area contributed by atoms with Crippen molar-refractivity contribution in [2.24, 2.45) is 0 Å². The summed E-state index contributed by atoms with van der Waals surface area (Å²) in [5, 5.41) is 10.1. The van der Waals surface area contributed by atoms with Crippen LogP contribution in [0.2, 0.25) is 0 Å². The van der Waals surface area contributed by atoms with E-state index in [4.69, 9.17) is 0 Å². The van der Waals surface area contributed by atoms with Crippen molar-refractivity contribution in [1.82, 2.24) is 0 Å². The number of rotatable bonds is 5. The van der Waals surface area contributed by atoms with E-state index in [9.17, 15) is 0 Å². The Bertz CT molecular complexity index is 2280. The number of nitrogens with zero attached hydrogens (tertiary/aromatic N) is 1. The molecule has 1 radical (unpaired) electrons. The van der Waals surface area contributed by atoms with Crippen molar-refractivity contribution >= 4 is 60.2 Å². The smallest absolute Gasteiger partial charge is 0.0462 e. The third-order valence-electron chi connectivity index (χ3n) is 9.33. The van der Waals surface area contributed by atoms with Crippen LogP contribution in [0.4, 0.5) is 17.1 Å². The van der Waals surface area contributed by atoms with E-state index < -0.39 is 0 Å². The minimum Gasteiger partial charge on any atom is -0.311 e. The predicted molar refractivity (Wildman–Crippen MR) is 201 cm³/mol. The van der Waals surface area contributed by atoms with Gasteiger partial charge in [0.2, 0.25) is 0 Å². The Balaban J connectivity index is 1.16. The van der Waals surface area contributed by atoms with E-state index in [1.807, 2.05) is 12.1 Å². The Morgan fingerprint density at radius 3 is 1.00 bits per heavy atom. The Hall–Kier alpha value is -6.18. The summed E-state index contributed by atoms with van der Waals surface area (Å²) in [4.78, 5) is 2.32. The molecule has 1 heteroatoms. The minimum atomic E-state index is 1.09. The molecule has 0 saturated heterocycles. The van der Waals surface area contributed by atoms with Crippen LogP contribution in [0.1, 0.15) is 0 Å². The van der Waals surface area contributed by atoms with Crippen molar-refractivity contribution in [2.45, 2.75) is 0 Å². The molecule has 0 aliphatic rings. The fourth-order valence-corrected chi connectivity index (χ4v) is 7.18. The fraction of sp³-hybridized carbons (Fsp3) is 0. The van der Waals surface area contributed by atoms with Crippen LogP contribution in [0, 0.1) is 6.07 Å². The van der Waals surface area contributed by atoms with Gasteiger partial charge in [0.05, 0.1) is 0 Å². The molecule has 0 amide bonds. The van der Waals surface area contributed by atoms with Crippen molar-refractivity contribution in [2.75, 3.05) is 4.90 Å². The maximum absolute atomic E-state index is 3.19. The highest BCUT2D eigenvalue weighted by atomic mass is 15.1. The topological polar surface area (TPSA) is 3.24 Å². The van der Waals surface area contributed by atoms with Gasteiger partial charge >= 0.3 is 0 Å². The maximum Gasteiger partial charge on any atom is 0.0462 e. The second kappa shape index (κ2) is 11.3. The normalized spacial score (nSPS) is 11.4. The molecule has 9 aromatic rings. The van der Waals surface area contributed by atoms with Crippen LogP contribution in [0.25, 0.3) is 65.3 Å². The molecule has 9 aromatic carbocycles. The number of fused-ring (bicyclic) bond motifs is 4. The molecular weight excluding hydrogens is 567 g/mol. The van der Waals surface area contributed by atoms with Crippen LogP contribution in [-0.4, -0.2) is 0 Å². The first-order valence-corrected chi connectivity index (χ1v) is 16.1. The highest BCUT2D eigenvalue weighted by molar-refractivity contribution is 6.14. The van der Waals surface area contributed by atoms with E-state index in [-0.39, 0.29) is 0 Å². The molecule has 0 aromatic heterocycles. The van der Waals surface area contributed by atoms with Crippen LogP contribution in [0.5, 0.6) is 0 Å². The second-order valence-electron chi connectivity index (χ2n) is 12.1. The maximum atomic E-state index is 3.19. The van der Waals surface area contributed by atoms with Gasteiger partial charge in [0.15, 0.2) is 0 Å². The average Bonchev–Trinajstić information content (AvgIpc) is 3.14. The van der Waals surface area contributed by atoms with Gasteiger partial charge in [0, 0.05) is 17.1 Å². The molecule has 0 bridgehead atoms. The van der Waals surface area contributed by atoms with Gasteiger partial charge in [0.1, 0.15) is 0 Å². The van der Waals surface area contributed by atoms with E-state index in [2.05, 4.69) is 181 Å². The van der Waals surface area contributed by atoms with Crippen molar-refractivity contribution in [1.29, 1.82) is 0 Å². The van der Waals surface area contributed by atoms with E-state index in [0.717, 1.165) is 17.1 Å². The summed E-state index contributed by atoms with van der Waals surface area (Å²) in [5.74, 6) is 0. The Kier molecular flexibility index (Phi) is 6.54. The quantitative estimate of drug-likeness (QED) is 0.179. The molecule has 0 atom stereocenters. The zero-order valence-electron chi connectivity index (χ0n) is 25.8. The zero-order valence-corrected chi connectivity index (χ0v) is 25.8. The summed E-state index contributed by atoms with van der Waals surface area (Å²) < 4.78 is 0. The number of benzene rings is 9. The Morgan fingerprint density at radius 2 is 0.638 bits per heavy atom. The second-order valence-corrected chi connectivity index (χ2v) is 12.1. The molecule has 0 unspecified atom stereocenters. The lowest BCUT2D eigenvalue weighted by Gasteiger charge is -2.26. The van der Waals surface area contributed by atoms with Crippen LogP contribution in [-0.2, 0) is 0 Å². The molecule has 0 spiro atoms. The van der Waals surface area contributed by atoms with E-state index in [1.165, 1.54) is 65.3 Å². The molecule has 0 saturated carbocycles.